The lowest BCUT2D eigenvalue weighted by molar-refractivity contribution is 0.995. The number of fused-ring (bicyclic) bond motifs is 3. The Balaban J connectivity index is 1.68. The lowest BCUT2D eigenvalue weighted by Crippen LogP contribution is -2.04. The molecule has 0 fully saturated rings. The predicted octanol–water partition coefficient (Wildman–Crippen LogP) is 8.14. The van der Waals surface area contributed by atoms with E-state index in [-0.39, 0.29) is 0 Å². The van der Waals surface area contributed by atoms with Crippen molar-refractivity contribution in [3.63, 3.8) is 0 Å². The van der Waals surface area contributed by atoms with E-state index in [9.17, 15) is 0 Å². The topological polar surface area (TPSA) is 30.7 Å². The second kappa shape index (κ2) is 8.21. The third kappa shape index (κ3) is 3.79. The van der Waals surface area contributed by atoms with E-state index >= 15 is 0 Å². The molecule has 0 aliphatic rings. The number of nitrogens with zero attached hydrogens (tertiary/aromatic N) is 3. The lowest BCUT2D eigenvalue weighted by atomic mass is 10.1. The summed E-state index contributed by atoms with van der Waals surface area (Å²) in [4.78, 5) is 10.2. The van der Waals surface area contributed by atoms with Crippen LogP contribution >= 0.6 is 0 Å². The first kappa shape index (κ1) is 21.3. The Morgan fingerprint density at radius 1 is 0.457 bits per heavy atom. The fourth-order valence-corrected chi connectivity index (χ4v) is 4.75. The molecule has 2 heterocycles. The number of hydrogen-bond donors (Lipinski definition) is 0. The SMILES string of the molecule is Cc1ccc(-c2cc(-c3ccc(C)cc3)nc(-n3c4ccc(C)cc4c4cc(C)ccc43)n2)cc1. The van der Waals surface area contributed by atoms with Gasteiger partial charge < -0.3 is 0 Å². The van der Waals surface area contributed by atoms with Gasteiger partial charge in [0.25, 0.3) is 0 Å². The van der Waals surface area contributed by atoms with Gasteiger partial charge in [-0.3, -0.25) is 4.57 Å². The molecule has 0 amide bonds. The van der Waals surface area contributed by atoms with Crippen LogP contribution in [0.3, 0.4) is 0 Å². The van der Waals surface area contributed by atoms with Crippen molar-refractivity contribution >= 4 is 21.8 Å². The van der Waals surface area contributed by atoms with Gasteiger partial charge in [-0.2, -0.15) is 0 Å². The third-order valence-electron chi connectivity index (χ3n) is 6.69. The summed E-state index contributed by atoms with van der Waals surface area (Å²) in [5, 5.41) is 2.45. The normalized spacial score (nSPS) is 11.4. The summed E-state index contributed by atoms with van der Waals surface area (Å²) in [5.74, 6) is 0.686. The molecular formula is C32H27N3. The summed E-state index contributed by atoms with van der Waals surface area (Å²) in [6.07, 6.45) is 0. The van der Waals surface area contributed by atoms with E-state index in [2.05, 4.69) is 123 Å². The van der Waals surface area contributed by atoms with E-state index in [1.165, 1.54) is 33.0 Å². The Labute approximate surface area is 205 Å². The predicted molar refractivity (Wildman–Crippen MR) is 146 cm³/mol. The summed E-state index contributed by atoms with van der Waals surface area (Å²) in [6.45, 7) is 8.49. The van der Waals surface area contributed by atoms with Crippen molar-refractivity contribution < 1.29 is 0 Å². The number of aryl methyl sites for hydroxylation is 4. The van der Waals surface area contributed by atoms with Gasteiger partial charge in [-0.25, -0.2) is 9.97 Å². The van der Waals surface area contributed by atoms with Gasteiger partial charge in [0.2, 0.25) is 5.95 Å². The minimum atomic E-state index is 0.686. The lowest BCUT2D eigenvalue weighted by Gasteiger charge is -2.12. The molecule has 0 aliphatic heterocycles. The highest BCUT2D eigenvalue weighted by Crippen LogP contribution is 2.34. The minimum absolute atomic E-state index is 0.686. The molecule has 0 N–H and O–H groups in total. The van der Waals surface area contributed by atoms with Gasteiger partial charge in [-0.05, 0) is 58.0 Å². The van der Waals surface area contributed by atoms with Crippen LogP contribution < -0.4 is 0 Å². The van der Waals surface area contributed by atoms with Gasteiger partial charge in [0.1, 0.15) is 0 Å². The van der Waals surface area contributed by atoms with E-state index in [1.807, 2.05) is 0 Å². The molecule has 0 unspecified atom stereocenters. The van der Waals surface area contributed by atoms with Crippen molar-refractivity contribution in [2.75, 3.05) is 0 Å². The molecule has 0 saturated heterocycles. The molecule has 0 bridgehead atoms. The van der Waals surface area contributed by atoms with Crippen LogP contribution in [0.5, 0.6) is 0 Å². The maximum atomic E-state index is 5.12. The summed E-state index contributed by atoms with van der Waals surface area (Å²) in [5.41, 5.74) is 11.2. The highest BCUT2D eigenvalue weighted by molar-refractivity contribution is 6.09. The first-order valence-corrected chi connectivity index (χ1v) is 12.0. The zero-order chi connectivity index (χ0) is 24.1. The Hall–Kier alpha value is -4.24. The molecule has 0 atom stereocenters. The maximum absolute atomic E-state index is 5.12. The maximum Gasteiger partial charge on any atom is 0.235 e. The minimum Gasteiger partial charge on any atom is -0.278 e. The number of aromatic nitrogens is 3. The monoisotopic (exact) mass is 453 g/mol. The number of benzene rings is 4. The van der Waals surface area contributed by atoms with Gasteiger partial charge in [0, 0.05) is 21.9 Å². The van der Waals surface area contributed by atoms with E-state index in [0.717, 1.165) is 33.5 Å². The molecule has 0 aliphatic carbocycles. The Morgan fingerprint density at radius 2 is 0.857 bits per heavy atom. The van der Waals surface area contributed by atoms with Crippen LogP contribution in [-0.2, 0) is 0 Å². The van der Waals surface area contributed by atoms with Crippen molar-refractivity contribution in [3.8, 4) is 28.5 Å². The molecule has 0 saturated carbocycles. The second-order valence-corrected chi connectivity index (χ2v) is 9.55. The van der Waals surface area contributed by atoms with Crippen LogP contribution in [0.1, 0.15) is 22.3 Å². The average molecular weight is 454 g/mol. The quantitative estimate of drug-likeness (QED) is 0.271. The van der Waals surface area contributed by atoms with Crippen LogP contribution in [0.4, 0.5) is 0 Å². The number of rotatable bonds is 3. The van der Waals surface area contributed by atoms with Crippen LogP contribution in [0.15, 0.2) is 91.0 Å². The molecule has 6 rings (SSSR count). The Kier molecular flexibility index (Phi) is 5.00. The highest BCUT2D eigenvalue weighted by Gasteiger charge is 2.17. The molecule has 6 aromatic rings. The zero-order valence-corrected chi connectivity index (χ0v) is 20.5. The van der Waals surface area contributed by atoms with Crippen LogP contribution in [0, 0.1) is 27.7 Å². The summed E-state index contributed by atoms with van der Waals surface area (Å²) in [6, 6.07) is 32.4. The molecule has 4 aromatic carbocycles. The molecule has 35 heavy (non-hydrogen) atoms. The van der Waals surface area contributed by atoms with E-state index < -0.39 is 0 Å². The summed E-state index contributed by atoms with van der Waals surface area (Å²) >= 11 is 0. The molecule has 170 valence electrons. The van der Waals surface area contributed by atoms with Gasteiger partial charge >= 0.3 is 0 Å². The van der Waals surface area contributed by atoms with E-state index in [1.54, 1.807) is 0 Å². The number of hydrogen-bond acceptors (Lipinski definition) is 2. The molecule has 3 nitrogen and oxygen atoms in total. The van der Waals surface area contributed by atoms with Crippen LogP contribution in [-0.4, -0.2) is 14.5 Å². The Bertz CT molecular complexity index is 1580. The Morgan fingerprint density at radius 3 is 1.29 bits per heavy atom. The third-order valence-corrected chi connectivity index (χ3v) is 6.69. The molecular weight excluding hydrogens is 426 g/mol. The van der Waals surface area contributed by atoms with Crippen molar-refractivity contribution in [2.45, 2.75) is 27.7 Å². The van der Waals surface area contributed by atoms with Crippen molar-refractivity contribution in [2.24, 2.45) is 0 Å². The highest BCUT2D eigenvalue weighted by atomic mass is 15.2. The van der Waals surface area contributed by atoms with Gasteiger partial charge in [-0.1, -0.05) is 82.9 Å². The summed E-state index contributed by atoms with van der Waals surface area (Å²) in [7, 11) is 0. The van der Waals surface area contributed by atoms with Crippen molar-refractivity contribution in [3.05, 3.63) is 113 Å². The van der Waals surface area contributed by atoms with Gasteiger partial charge in [0.15, 0.2) is 0 Å². The second-order valence-electron chi connectivity index (χ2n) is 9.55. The van der Waals surface area contributed by atoms with Gasteiger partial charge in [-0.15, -0.1) is 0 Å². The van der Waals surface area contributed by atoms with E-state index in [0.29, 0.717) is 5.95 Å². The first-order valence-electron chi connectivity index (χ1n) is 12.0. The van der Waals surface area contributed by atoms with Crippen molar-refractivity contribution in [1.29, 1.82) is 0 Å². The van der Waals surface area contributed by atoms with E-state index in [4.69, 9.17) is 9.97 Å². The van der Waals surface area contributed by atoms with Crippen LogP contribution in [0.25, 0.3) is 50.3 Å². The van der Waals surface area contributed by atoms with Crippen molar-refractivity contribution in [1.82, 2.24) is 14.5 Å². The first-order chi connectivity index (χ1) is 17.0. The smallest absolute Gasteiger partial charge is 0.235 e. The molecule has 0 spiro atoms. The molecule has 3 heteroatoms. The standard InChI is InChI=1S/C32H27N3/c1-20-5-11-24(12-6-20)28-19-29(25-13-7-21(2)8-14-25)34-32(33-28)35-30-15-9-22(3)17-26(30)27-18-23(4)10-16-31(27)35/h5-19H,1-4H3. The van der Waals surface area contributed by atoms with Crippen LogP contribution in [0.2, 0.25) is 0 Å². The summed E-state index contributed by atoms with van der Waals surface area (Å²) < 4.78 is 2.21. The zero-order valence-electron chi connectivity index (χ0n) is 20.5. The average Bonchev–Trinajstić information content (AvgIpc) is 3.17. The fourth-order valence-electron chi connectivity index (χ4n) is 4.75. The van der Waals surface area contributed by atoms with Gasteiger partial charge in [0.05, 0.1) is 22.4 Å². The molecule has 2 aromatic heterocycles. The fraction of sp³-hybridized carbons (Fsp3) is 0.125. The molecule has 0 radical (unpaired) electrons. The largest absolute Gasteiger partial charge is 0.278 e.